The number of carbonyl (C=O) groups excluding carboxylic acids is 1. The highest BCUT2D eigenvalue weighted by Crippen LogP contribution is 2.37. The van der Waals surface area contributed by atoms with Gasteiger partial charge in [-0.1, -0.05) is 42.5 Å². The Kier molecular flexibility index (Phi) is 5.46. The zero-order valence-corrected chi connectivity index (χ0v) is 16.2. The van der Waals surface area contributed by atoms with Gasteiger partial charge in [-0.25, -0.2) is 0 Å². The molecule has 1 N–H and O–H groups in total. The van der Waals surface area contributed by atoms with Crippen LogP contribution in [0, 0.1) is 5.41 Å². The van der Waals surface area contributed by atoms with Gasteiger partial charge < -0.3 is 15.0 Å². The number of amides is 1. The van der Waals surface area contributed by atoms with Crippen LogP contribution in [0.5, 0.6) is 0 Å². The molecule has 2 aliphatic rings. The zero-order chi connectivity index (χ0) is 18.7. The van der Waals surface area contributed by atoms with Gasteiger partial charge in [0.15, 0.2) is 0 Å². The Labute approximate surface area is 161 Å². The standard InChI is InChI=1S/C23H30N2O2/c1-25-13-9-20(10-14-25)24-22(26)23(11-15-27-16-12-23)17-19-7-4-6-18-5-2-3-8-21(18)19/h2-8,20H,9-17H2,1H3,(H,24,26). The summed E-state index contributed by atoms with van der Waals surface area (Å²) >= 11 is 0. The highest BCUT2D eigenvalue weighted by Gasteiger charge is 2.41. The van der Waals surface area contributed by atoms with Crippen LogP contribution in [-0.4, -0.2) is 50.2 Å². The minimum atomic E-state index is -0.355. The van der Waals surface area contributed by atoms with Crippen LogP contribution < -0.4 is 5.32 Å². The highest BCUT2D eigenvalue weighted by atomic mass is 16.5. The molecule has 2 aliphatic heterocycles. The second-order valence-electron chi connectivity index (χ2n) is 8.26. The normalized spacial score (nSPS) is 21.2. The minimum absolute atomic E-state index is 0.230. The number of piperidine rings is 1. The Morgan fingerprint density at radius 1 is 1.11 bits per heavy atom. The molecule has 4 heteroatoms. The fourth-order valence-corrected chi connectivity index (χ4v) is 4.55. The van der Waals surface area contributed by atoms with Gasteiger partial charge in [-0.2, -0.15) is 0 Å². The summed E-state index contributed by atoms with van der Waals surface area (Å²) in [5, 5.41) is 5.90. The monoisotopic (exact) mass is 366 g/mol. The Morgan fingerprint density at radius 2 is 1.81 bits per heavy atom. The molecular formula is C23H30N2O2. The minimum Gasteiger partial charge on any atom is -0.381 e. The smallest absolute Gasteiger partial charge is 0.226 e. The molecule has 0 radical (unpaired) electrons. The molecular weight excluding hydrogens is 336 g/mol. The molecule has 0 bridgehead atoms. The van der Waals surface area contributed by atoms with E-state index < -0.39 is 0 Å². The highest BCUT2D eigenvalue weighted by molar-refractivity contribution is 5.88. The average Bonchev–Trinajstić information content (AvgIpc) is 2.71. The molecule has 2 saturated heterocycles. The first-order chi connectivity index (χ1) is 13.2. The number of nitrogens with one attached hydrogen (secondary N) is 1. The van der Waals surface area contributed by atoms with Crippen molar-refractivity contribution >= 4 is 16.7 Å². The van der Waals surface area contributed by atoms with Gasteiger partial charge in [-0.15, -0.1) is 0 Å². The quantitative estimate of drug-likeness (QED) is 0.902. The van der Waals surface area contributed by atoms with Crippen molar-refractivity contribution in [3.05, 3.63) is 48.0 Å². The number of likely N-dealkylation sites (tertiary alicyclic amines) is 1. The number of hydrogen-bond donors (Lipinski definition) is 1. The lowest BCUT2D eigenvalue weighted by molar-refractivity contribution is -0.137. The maximum absolute atomic E-state index is 13.4. The molecule has 0 spiro atoms. The van der Waals surface area contributed by atoms with E-state index in [1.807, 2.05) is 0 Å². The molecule has 2 aromatic carbocycles. The van der Waals surface area contributed by atoms with Crippen molar-refractivity contribution in [2.75, 3.05) is 33.4 Å². The van der Waals surface area contributed by atoms with Crippen LogP contribution in [0.4, 0.5) is 0 Å². The number of carbonyl (C=O) groups is 1. The second-order valence-corrected chi connectivity index (χ2v) is 8.26. The van der Waals surface area contributed by atoms with Crippen LogP contribution in [0.3, 0.4) is 0 Å². The summed E-state index contributed by atoms with van der Waals surface area (Å²) in [6.45, 7) is 3.46. The van der Waals surface area contributed by atoms with Crippen molar-refractivity contribution in [2.45, 2.75) is 38.1 Å². The third kappa shape index (κ3) is 4.02. The lowest BCUT2D eigenvalue weighted by Gasteiger charge is -2.38. The van der Waals surface area contributed by atoms with Crippen molar-refractivity contribution in [2.24, 2.45) is 5.41 Å². The Bertz CT molecular complexity index is 785. The predicted molar refractivity (Wildman–Crippen MR) is 109 cm³/mol. The Hall–Kier alpha value is -1.91. The molecule has 4 nitrogen and oxygen atoms in total. The summed E-state index contributed by atoms with van der Waals surface area (Å²) in [5.41, 5.74) is 0.916. The molecule has 2 aromatic rings. The number of rotatable bonds is 4. The summed E-state index contributed by atoms with van der Waals surface area (Å²) in [6.07, 6.45) is 4.48. The summed E-state index contributed by atoms with van der Waals surface area (Å²) in [4.78, 5) is 15.8. The van der Waals surface area contributed by atoms with Crippen LogP contribution in [0.15, 0.2) is 42.5 Å². The van der Waals surface area contributed by atoms with E-state index in [-0.39, 0.29) is 11.3 Å². The number of hydrogen-bond acceptors (Lipinski definition) is 3. The van der Waals surface area contributed by atoms with Crippen molar-refractivity contribution in [3.63, 3.8) is 0 Å². The van der Waals surface area contributed by atoms with E-state index in [1.165, 1.54) is 16.3 Å². The summed E-state index contributed by atoms with van der Waals surface area (Å²) in [7, 11) is 2.15. The van der Waals surface area contributed by atoms with Crippen LogP contribution in [-0.2, 0) is 16.0 Å². The molecule has 2 heterocycles. The van der Waals surface area contributed by atoms with Crippen LogP contribution in [0.25, 0.3) is 10.8 Å². The van der Waals surface area contributed by atoms with E-state index in [2.05, 4.69) is 59.7 Å². The van der Waals surface area contributed by atoms with E-state index in [0.717, 1.165) is 45.2 Å². The van der Waals surface area contributed by atoms with Crippen LogP contribution in [0.1, 0.15) is 31.2 Å². The van der Waals surface area contributed by atoms with Crippen molar-refractivity contribution < 1.29 is 9.53 Å². The molecule has 0 unspecified atom stereocenters. The lowest BCUT2D eigenvalue weighted by Crippen LogP contribution is -2.51. The van der Waals surface area contributed by atoms with Gasteiger partial charge in [-0.3, -0.25) is 4.79 Å². The Balaban J connectivity index is 1.57. The van der Waals surface area contributed by atoms with E-state index in [9.17, 15) is 4.79 Å². The molecule has 144 valence electrons. The maximum Gasteiger partial charge on any atom is 0.226 e. The molecule has 2 fully saturated rings. The third-order valence-electron chi connectivity index (χ3n) is 6.39. The van der Waals surface area contributed by atoms with Gasteiger partial charge in [-0.05, 0) is 68.6 Å². The molecule has 0 atom stereocenters. The lowest BCUT2D eigenvalue weighted by atomic mass is 9.73. The van der Waals surface area contributed by atoms with Gasteiger partial charge in [0.05, 0.1) is 5.41 Å². The van der Waals surface area contributed by atoms with Gasteiger partial charge >= 0.3 is 0 Å². The Morgan fingerprint density at radius 3 is 2.59 bits per heavy atom. The van der Waals surface area contributed by atoms with Crippen LogP contribution in [0.2, 0.25) is 0 Å². The van der Waals surface area contributed by atoms with Gasteiger partial charge in [0.2, 0.25) is 5.91 Å². The second kappa shape index (κ2) is 7.99. The molecule has 0 aliphatic carbocycles. The molecule has 27 heavy (non-hydrogen) atoms. The summed E-state index contributed by atoms with van der Waals surface area (Å²) in [6, 6.07) is 15.2. The largest absolute Gasteiger partial charge is 0.381 e. The first-order valence-electron chi connectivity index (χ1n) is 10.2. The van der Waals surface area contributed by atoms with Crippen molar-refractivity contribution in [1.82, 2.24) is 10.2 Å². The number of benzene rings is 2. The third-order valence-corrected chi connectivity index (χ3v) is 6.39. The predicted octanol–water partition coefficient (Wildman–Crippen LogP) is 3.39. The van der Waals surface area contributed by atoms with Crippen molar-refractivity contribution in [1.29, 1.82) is 0 Å². The average molecular weight is 367 g/mol. The first kappa shape index (κ1) is 18.5. The van der Waals surface area contributed by atoms with E-state index in [0.29, 0.717) is 19.3 Å². The van der Waals surface area contributed by atoms with Gasteiger partial charge in [0.25, 0.3) is 0 Å². The van der Waals surface area contributed by atoms with E-state index in [4.69, 9.17) is 4.74 Å². The van der Waals surface area contributed by atoms with E-state index in [1.54, 1.807) is 0 Å². The van der Waals surface area contributed by atoms with E-state index >= 15 is 0 Å². The van der Waals surface area contributed by atoms with Crippen molar-refractivity contribution in [3.8, 4) is 0 Å². The van der Waals surface area contributed by atoms with Gasteiger partial charge in [0.1, 0.15) is 0 Å². The number of ether oxygens (including phenoxy) is 1. The number of fused-ring (bicyclic) bond motifs is 1. The maximum atomic E-state index is 13.4. The topological polar surface area (TPSA) is 41.6 Å². The summed E-state index contributed by atoms with van der Waals surface area (Å²) in [5.74, 6) is 0.230. The fourth-order valence-electron chi connectivity index (χ4n) is 4.55. The first-order valence-corrected chi connectivity index (χ1v) is 10.2. The summed E-state index contributed by atoms with van der Waals surface area (Å²) < 4.78 is 5.62. The molecule has 0 aromatic heterocycles. The van der Waals surface area contributed by atoms with Crippen LogP contribution >= 0.6 is 0 Å². The molecule has 0 saturated carbocycles. The fraction of sp³-hybridized carbons (Fsp3) is 0.522. The van der Waals surface area contributed by atoms with Gasteiger partial charge in [0, 0.05) is 19.3 Å². The zero-order valence-electron chi connectivity index (χ0n) is 16.2. The number of nitrogens with zero attached hydrogens (tertiary/aromatic N) is 1. The molecule has 4 rings (SSSR count). The molecule has 1 amide bonds. The SMILES string of the molecule is CN1CCC(NC(=O)C2(Cc3cccc4ccccc34)CCOCC2)CC1.